The van der Waals surface area contributed by atoms with Crippen molar-refractivity contribution in [1.82, 2.24) is 42.1 Å². The average Bonchev–Trinajstić information content (AvgIpc) is 1.45. The second kappa shape index (κ2) is 34.5. The number of aliphatic imine (C=N–C) groups is 2. The Morgan fingerprint density at radius 1 is 0.590 bits per heavy atom. The normalized spacial score (nSPS) is 35.3. The number of carbonyl (C=O) groups is 6. The van der Waals surface area contributed by atoms with Crippen LogP contribution in [0.5, 0.6) is 5.75 Å². The first kappa shape index (κ1) is 76.0. The number of aliphatic hydroxyl groups is 13. The molecule has 25 atom stereocenters. The molecule has 6 amide bonds. The van der Waals surface area contributed by atoms with Crippen molar-refractivity contribution in [2.75, 3.05) is 52.7 Å². The van der Waals surface area contributed by atoms with Crippen molar-refractivity contribution in [2.45, 2.75) is 166 Å². The second-order valence-electron chi connectivity index (χ2n) is 24.7. The lowest BCUT2D eigenvalue weighted by Crippen LogP contribution is -2.70. The lowest BCUT2D eigenvalue weighted by atomic mass is 9.92. The molecule has 0 bridgehead atoms. The molecule has 0 unspecified atom stereocenters. The van der Waals surface area contributed by atoms with Gasteiger partial charge in [0, 0.05) is 12.3 Å². The number of nitrogens with zero attached hydrogens (tertiary/aromatic N) is 3. The summed E-state index contributed by atoms with van der Waals surface area (Å²) in [6, 6.07) is 10.2. The van der Waals surface area contributed by atoms with Gasteiger partial charge in [0.2, 0.25) is 41.7 Å². The fourth-order valence-electron chi connectivity index (χ4n) is 12.2. The number of rotatable bonds is 21. The molecule has 6 aliphatic rings. The standard InChI is InChI=1S/C63H86N12O25/c1-27(30-12-6-3-7-13-30)40-56(92)69-32(19-29-14-16-31(17-15-29)96-60-52(89)49(86)53(37(25-78)98-60)100-61-51(88)48(85)46(83)38(99-61)26-95-18-8-11-28-9-4-2-5-10-28)55(91)73-41(43(80)33-20-67-62(64)71-33)58(94)74-42(57(93)70-34(23-76)54(90)66-22-39(79)72-40)44(81)35-21-68-63(65)75(35)59-50(87)47(84)45(82)36(24-77)97-59/h2-17,27,32-38,40-53,59-61,76-78,80-89H,18-26H2,1H3,(H2,65,68)(H,66,90)(H,69,92)(H,70,93)(H,72,79)(H,73,91)(H,74,94)(H3,64,67,71)/b11-8+/t27-,32+,33-,34-,35-,36+,37+,38+,40-,41-,42+,43-,44-,45+,46+,47-,48-,49+,50-,51-,52-,53+,59-,60-,61+/m0/s1. The number of ether oxygens (including phenoxy) is 6. The summed E-state index contributed by atoms with van der Waals surface area (Å²) in [6.45, 7) is -3.36. The van der Waals surface area contributed by atoms with Gasteiger partial charge < -0.3 is 148 Å². The zero-order valence-electron chi connectivity index (χ0n) is 53.7. The van der Waals surface area contributed by atoms with Crippen LogP contribution in [0.2, 0.25) is 0 Å². The molecule has 0 radical (unpaired) electrons. The number of hydrogen-bond acceptors (Lipinski definition) is 31. The minimum Gasteiger partial charge on any atom is -0.462 e. The number of aliphatic hydroxyl groups excluding tert-OH is 13. The van der Waals surface area contributed by atoms with Crippen molar-refractivity contribution < 1.29 is 124 Å². The van der Waals surface area contributed by atoms with Crippen LogP contribution in [0.3, 0.4) is 0 Å². The highest BCUT2D eigenvalue weighted by atomic mass is 16.7. The minimum atomic E-state index is -2.35. The number of hydrogen-bond donors (Lipinski definition) is 22. The zero-order valence-corrected chi connectivity index (χ0v) is 53.7. The number of guanidine groups is 2. The molecule has 100 heavy (non-hydrogen) atoms. The zero-order chi connectivity index (χ0) is 72.2. The van der Waals surface area contributed by atoms with Gasteiger partial charge in [0.25, 0.3) is 0 Å². The molecule has 0 spiro atoms. The third kappa shape index (κ3) is 17.9. The number of benzene rings is 3. The molecule has 6 aliphatic heterocycles. The van der Waals surface area contributed by atoms with Crippen molar-refractivity contribution in [3.63, 3.8) is 0 Å². The smallest absolute Gasteiger partial charge is 0.246 e. The molecule has 4 fully saturated rings. The predicted octanol–water partition coefficient (Wildman–Crippen LogP) is -10.9. The van der Waals surface area contributed by atoms with Crippen LogP contribution in [-0.2, 0) is 58.9 Å². The van der Waals surface area contributed by atoms with E-state index in [2.05, 4.69) is 47.2 Å². The fraction of sp³-hybridized carbons (Fsp3) is 0.556. The van der Waals surface area contributed by atoms with E-state index in [1.54, 1.807) is 49.4 Å². The molecule has 3 aromatic rings. The van der Waals surface area contributed by atoms with Crippen LogP contribution < -0.4 is 53.4 Å². The molecule has 9 rings (SSSR count). The van der Waals surface area contributed by atoms with Crippen molar-refractivity contribution in [2.24, 2.45) is 21.5 Å². The fourth-order valence-corrected chi connectivity index (χ4v) is 12.2. The highest BCUT2D eigenvalue weighted by Gasteiger charge is 2.54. The lowest BCUT2D eigenvalue weighted by molar-refractivity contribution is -0.353. The quantitative estimate of drug-likeness (QED) is 0.0440. The van der Waals surface area contributed by atoms with Gasteiger partial charge in [-0.2, -0.15) is 0 Å². The van der Waals surface area contributed by atoms with Gasteiger partial charge in [-0.15, -0.1) is 0 Å². The van der Waals surface area contributed by atoms with E-state index in [1.807, 2.05) is 30.3 Å². The molecule has 0 saturated carbocycles. The monoisotopic (exact) mass is 1410 g/mol. The number of nitrogens with one attached hydrogen (secondary N) is 7. The lowest BCUT2D eigenvalue weighted by Gasteiger charge is -2.46. The molecule has 0 aliphatic carbocycles. The van der Waals surface area contributed by atoms with Gasteiger partial charge in [-0.3, -0.25) is 38.8 Å². The Labute approximate surface area is 570 Å². The molecule has 548 valence electrons. The Morgan fingerprint density at radius 2 is 1.19 bits per heavy atom. The number of amides is 6. The maximum atomic E-state index is 15.2. The number of nitrogens with two attached hydrogens (primary N) is 2. The van der Waals surface area contributed by atoms with Gasteiger partial charge in [-0.25, -0.2) is 0 Å². The first-order chi connectivity index (χ1) is 47.8. The number of carbonyl (C=O) groups excluding carboxylic acids is 6. The van der Waals surface area contributed by atoms with E-state index in [9.17, 15) is 85.6 Å². The molecule has 37 nitrogen and oxygen atoms in total. The molecule has 37 heteroatoms. The van der Waals surface area contributed by atoms with E-state index < -0.39 is 233 Å². The van der Waals surface area contributed by atoms with Crippen molar-refractivity contribution in [1.29, 1.82) is 0 Å². The SMILES string of the molecule is C[C@@H](c1ccccc1)[C@@H]1NC(=O)CNC(=O)[C@H](CO)NC(=O)[C@@H]([C@@H](O)[C@@H]2CN=C(N)N2[C@H]2O[C@H](CO)[C@@H](O)[C@H](O)[C@@H]2O)NC(=O)[C@H]([C@@H](O)[C@@H]2CN=C(N)N2)NC(=O)[C@@H](Cc2ccc(O[C@H]3O[C@H](CO)[C@@H](O[C@H]4O[C@H](COC/C=C/c5ccccc5)[C@@H](O)[C@H](O)[C@@H]4O)[C@H](O)[C@@H]3O)cc2)NC1=O. The molecule has 4 saturated heterocycles. The summed E-state index contributed by atoms with van der Waals surface area (Å²) in [7, 11) is 0. The van der Waals surface area contributed by atoms with E-state index in [-0.39, 0.29) is 37.0 Å². The largest absolute Gasteiger partial charge is 0.462 e. The third-order valence-electron chi connectivity index (χ3n) is 17.9. The summed E-state index contributed by atoms with van der Waals surface area (Å²) < 4.78 is 34.8. The van der Waals surface area contributed by atoms with Gasteiger partial charge >= 0.3 is 0 Å². The predicted molar refractivity (Wildman–Crippen MR) is 342 cm³/mol. The van der Waals surface area contributed by atoms with Crippen LogP contribution in [0.25, 0.3) is 6.08 Å². The summed E-state index contributed by atoms with van der Waals surface area (Å²) in [4.78, 5) is 96.5. The Balaban J connectivity index is 0.973. The van der Waals surface area contributed by atoms with Crippen LogP contribution in [-0.4, -0.2) is 318 Å². The Hall–Kier alpha value is -8.16. The van der Waals surface area contributed by atoms with Gasteiger partial charge in [0.1, 0.15) is 121 Å². The van der Waals surface area contributed by atoms with Crippen LogP contribution in [0.15, 0.2) is 101 Å². The Bertz CT molecular complexity index is 3350. The Morgan fingerprint density at radius 3 is 1.85 bits per heavy atom. The summed E-state index contributed by atoms with van der Waals surface area (Å²) >= 11 is 0. The minimum absolute atomic E-state index is 0.0647. The Kier molecular flexibility index (Phi) is 26.2. The van der Waals surface area contributed by atoms with Crippen LogP contribution in [0.1, 0.15) is 29.5 Å². The molecular weight excluding hydrogens is 1320 g/mol. The molecule has 0 aromatic heterocycles. The van der Waals surface area contributed by atoms with Gasteiger partial charge in [-0.05, 0) is 28.8 Å². The first-order valence-corrected chi connectivity index (χ1v) is 32.1. The molecule has 3 aromatic carbocycles. The van der Waals surface area contributed by atoms with Crippen molar-refractivity contribution >= 4 is 53.4 Å². The second-order valence-corrected chi connectivity index (χ2v) is 24.7. The average molecular weight is 1410 g/mol. The maximum absolute atomic E-state index is 15.2. The first-order valence-electron chi connectivity index (χ1n) is 32.1. The topological polar surface area (TPSA) is 585 Å². The highest BCUT2D eigenvalue weighted by molar-refractivity contribution is 5.98. The van der Waals surface area contributed by atoms with Gasteiger partial charge in [-0.1, -0.05) is 91.9 Å². The van der Waals surface area contributed by atoms with Crippen LogP contribution >= 0.6 is 0 Å². The van der Waals surface area contributed by atoms with Crippen LogP contribution in [0, 0.1) is 0 Å². The van der Waals surface area contributed by atoms with E-state index in [0.717, 1.165) is 10.5 Å². The summed E-state index contributed by atoms with van der Waals surface area (Å²) in [5.74, 6) is -8.98. The summed E-state index contributed by atoms with van der Waals surface area (Å²) in [5.41, 5.74) is 13.8. The van der Waals surface area contributed by atoms with Gasteiger partial charge in [0.15, 0.2) is 24.4 Å². The third-order valence-corrected chi connectivity index (χ3v) is 17.9. The summed E-state index contributed by atoms with van der Waals surface area (Å²) in [6.07, 6.45) is -27.8. The van der Waals surface area contributed by atoms with E-state index in [0.29, 0.717) is 5.56 Å². The van der Waals surface area contributed by atoms with E-state index >= 15 is 9.59 Å². The van der Waals surface area contributed by atoms with E-state index in [1.165, 1.54) is 24.3 Å². The molecule has 24 N–H and O–H groups in total. The van der Waals surface area contributed by atoms with Gasteiger partial charge in [0.05, 0.1) is 64.8 Å². The molecular formula is C63H86N12O25. The van der Waals surface area contributed by atoms with Crippen molar-refractivity contribution in [3.8, 4) is 5.75 Å². The maximum Gasteiger partial charge on any atom is 0.246 e. The summed E-state index contributed by atoms with van der Waals surface area (Å²) in [5, 5.41) is 160. The van der Waals surface area contributed by atoms with E-state index in [4.69, 9.17) is 39.9 Å². The highest BCUT2D eigenvalue weighted by Crippen LogP contribution is 2.33. The van der Waals surface area contributed by atoms with Crippen LogP contribution in [0.4, 0.5) is 0 Å². The van der Waals surface area contributed by atoms with Crippen molar-refractivity contribution in [3.05, 3.63) is 108 Å². The molecule has 6 heterocycles.